The SMILES string of the molecule is O=C(NC[C@@H]1COCCO1)NNC(=O)c1cc2c(s1)CCCCC2. The van der Waals surface area contributed by atoms with Crippen LogP contribution in [-0.2, 0) is 22.3 Å². The summed E-state index contributed by atoms with van der Waals surface area (Å²) in [5.41, 5.74) is 6.10. The molecule has 1 fully saturated rings. The van der Waals surface area contributed by atoms with Crippen molar-refractivity contribution < 1.29 is 19.1 Å². The van der Waals surface area contributed by atoms with Gasteiger partial charge >= 0.3 is 6.03 Å². The predicted molar refractivity (Wildman–Crippen MR) is 90.1 cm³/mol. The summed E-state index contributed by atoms with van der Waals surface area (Å²) in [6.45, 7) is 1.93. The Balaban J connectivity index is 1.42. The molecule has 24 heavy (non-hydrogen) atoms. The molecule has 0 saturated carbocycles. The summed E-state index contributed by atoms with van der Waals surface area (Å²) in [6.07, 6.45) is 5.55. The second-order valence-electron chi connectivity index (χ2n) is 5.98. The van der Waals surface area contributed by atoms with E-state index in [-0.39, 0.29) is 12.0 Å². The number of nitrogens with one attached hydrogen (secondary N) is 3. The molecule has 3 amide bonds. The Labute approximate surface area is 145 Å². The van der Waals surface area contributed by atoms with Gasteiger partial charge in [-0.15, -0.1) is 11.3 Å². The van der Waals surface area contributed by atoms with Crippen molar-refractivity contribution in [2.24, 2.45) is 0 Å². The molecular weight excluding hydrogens is 330 g/mol. The van der Waals surface area contributed by atoms with Crippen molar-refractivity contribution >= 4 is 23.3 Å². The maximum absolute atomic E-state index is 12.2. The fraction of sp³-hybridized carbons (Fsp3) is 0.625. The van der Waals surface area contributed by atoms with Crippen LogP contribution in [0, 0.1) is 0 Å². The van der Waals surface area contributed by atoms with Crippen molar-refractivity contribution in [2.45, 2.75) is 38.2 Å². The third-order valence-corrected chi connectivity index (χ3v) is 5.37. The maximum atomic E-state index is 12.2. The molecule has 0 aromatic carbocycles. The molecule has 0 radical (unpaired) electrons. The Morgan fingerprint density at radius 1 is 1.17 bits per heavy atom. The van der Waals surface area contributed by atoms with Crippen LogP contribution in [0.2, 0.25) is 0 Å². The zero-order valence-electron chi connectivity index (χ0n) is 13.6. The lowest BCUT2D eigenvalue weighted by Gasteiger charge is -2.23. The van der Waals surface area contributed by atoms with E-state index in [0.717, 1.165) is 12.8 Å². The molecule has 132 valence electrons. The van der Waals surface area contributed by atoms with Gasteiger partial charge in [0, 0.05) is 11.4 Å². The smallest absolute Gasteiger partial charge is 0.333 e. The molecule has 2 aliphatic rings. The van der Waals surface area contributed by atoms with Crippen molar-refractivity contribution in [3.63, 3.8) is 0 Å². The molecule has 1 aliphatic heterocycles. The molecule has 3 N–H and O–H groups in total. The highest BCUT2D eigenvalue weighted by Gasteiger charge is 2.18. The maximum Gasteiger partial charge on any atom is 0.333 e. The molecule has 0 bridgehead atoms. The first-order chi connectivity index (χ1) is 11.7. The van der Waals surface area contributed by atoms with Gasteiger partial charge in [-0.2, -0.15) is 0 Å². The number of amides is 3. The lowest BCUT2D eigenvalue weighted by atomic mass is 10.1. The minimum absolute atomic E-state index is 0.145. The number of fused-ring (bicyclic) bond motifs is 1. The van der Waals surface area contributed by atoms with E-state index in [1.807, 2.05) is 6.07 Å². The van der Waals surface area contributed by atoms with Crippen LogP contribution in [0.3, 0.4) is 0 Å². The van der Waals surface area contributed by atoms with Crippen LogP contribution >= 0.6 is 11.3 Å². The first kappa shape index (κ1) is 17.2. The van der Waals surface area contributed by atoms with Crippen molar-refractivity contribution in [1.29, 1.82) is 0 Å². The number of urea groups is 1. The largest absolute Gasteiger partial charge is 0.376 e. The Hall–Kier alpha value is -1.64. The Bertz CT molecular complexity index is 560. The van der Waals surface area contributed by atoms with Crippen LogP contribution < -0.4 is 16.2 Å². The lowest BCUT2D eigenvalue weighted by molar-refractivity contribution is -0.0853. The van der Waals surface area contributed by atoms with Gasteiger partial charge in [0.1, 0.15) is 0 Å². The van der Waals surface area contributed by atoms with E-state index in [4.69, 9.17) is 9.47 Å². The van der Waals surface area contributed by atoms with Gasteiger partial charge in [0.15, 0.2) is 0 Å². The van der Waals surface area contributed by atoms with E-state index in [1.54, 1.807) is 0 Å². The van der Waals surface area contributed by atoms with Crippen LogP contribution in [0.5, 0.6) is 0 Å². The highest BCUT2D eigenvalue weighted by molar-refractivity contribution is 7.14. The van der Waals surface area contributed by atoms with E-state index < -0.39 is 6.03 Å². The minimum Gasteiger partial charge on any atom is -0.376 e. The zero-order chi connectivity index (χ0) is 16.8. The number of carbonyl (C=O) groups is 2. The number of rotatable bonds is 3. The fourth-order valence-electron chi connectivity index (χ4n) is 2.86. The van der Waals surface area contributed by atoms with E-state index in [0.29, 0.717) is 31.2 Å². The first-order valence-corrected chi connectivity index (χ1v) is 9.19. The molecule has 1 atom stereocenters. The summed E-state index contributed by atoms with van der Waals surface area (Å²) in [6, 6.07) is 1.49. The van der Waals surface area contributed by atoms with E-state index in [1.165, 1.54) is 41.0 Å². The highest BCUT2D eigenvalue weighted by atomic mass is 32.1. The van der Waals surface area contributed by atoms with E-state index in [2.05, 4.69) is 16.2 Å². The van der Waals surface area contributed by atoms with Gasteiger partial charge in [0.05, 0.1) is 30.8 Å². The Morgan fingerprint density at radius 2 is 2.04 bits per heavy atom. The normalized spacial score (nSPS) is 20.6. The summed E-state index contributed by atoms with van der Waals surface area (Å²) >= 11 is 1.52. The van der Waals surface area contributed by atoms with Gasteiger partial charge < -0.3 is 14.8 Å². The summed E-state index contributed by atoms with van der Waals surface area (Å²) < 4.78 is 10.7. The van der Waals surface area contributed by atoms with Crippen molar-refractivity contribution in [3.05, 3.63) is 21.4 Å². The topological polar surface area (TPSA) is 88.7 Å². The quantitative estimate of drug-likeness (QED) is 0.566. The second-order valence-corrected chi connectivity index (χ2v) is 7.11. The first-order valence-electron chi connectivity index (χ1n) is 8.37. The molecule has 8 heteroatoms. The average molecular weight is 353 g/mol. The van der Waals surface area contributed by atoms with Crippen molar-refractivity contribution in [3.8, 4) is 0 Å². The lowest BCUT2D eigenvalue weighted by Crippen LogP contribution is -2.49. The van der Waals surface area contributed by atoms with Crippen LogP contribution in [-0.4, -0.2) is 44.4 Å². The third kappa shape index (κ3) is 4.68. The number of hydrogen-bond acceptors (Lipinski definition) is 5. The molecule has 1 aliphatic carbocycles. The fourth-order valence-corrected chi connectivity index (χ4v) is 4.01. The highest BCUT2D eigenvalue weighted by Crippen LogP contribution is 2.28. The average Bonchev–Trinajstić information content (AvgIpc) is 2.89. The van der Waals surface area contributed by atoms with Gasteiger partial charge in [0.2, 0.25) is 0 Å². The molecule has 0 unspecified atom stereocenters. The van der Waals surface area contributed by atoms with Gasteiger partial charge in [0.25, 0.3) is 5.91 Å². The van der Waals surface area contributed by atoms with E-state index >= 15 is 0 Å². The predicted octanol–water partition coefficient (Wildman–Crippen LogP) is 1.38. The van der Waals surface area contributed by atoms with Gasteiger partial charge in [-0.05, 0) is 37.3 Å². The van der Waals surface area contributed by atoms with Crippen LogP contribution in [0.1, 0.15) is 39.4 Å². The van der Waals surface area contributed by atoms with Gasteiger partial charge in [-0.3, -0.25) is 10.2 Å². The van der Waals surface area contributed by atoms with Gasteiger partial charge in [-0.25, -0.2) is 10.2 Å². The van der Waals surface area contributed by atoms with Gasteiger partial charge in [-0.1, -0.05) is 6.42 Å². The number of carbonyl (C=O) groups excluding carboxylic acids is 2. The number of hydrazine groups is 1. The van der Waals surface area contributed by atoms with Crippen molar-refractivity contribution in [1.82, 2.24) is 16.2 Å². The Kier molecular flexibility index (Phi) is 6.06. The molecule has 1 aromatic rings. The zero-order valence-corrected chi connectivity index (χ0v) is 14.4. The van der Waals surface area contributed by atoms with Crippen LogP contribution in [0.4, 0.5) is 4.79 Å². The summed E-state index contributed by atoms with van der Waals surface area (Å²) in [7, 11) is 0. The molecule has 1 aromatic heterocycles. The number of aryl methyl sites for hydroxylation is 2. The second kappa shape index (κ2) is 8.46. The molecule has 3 rings (SSSR count). The number of thiophene rings is 1. The summed E-state index contributed by atoms with van der Waals surface area (Å²) in [5.74, 6) is -0.277. The number of hydrogen-bond donors (Lipinski definition) is 3. The number of ether oxygens (including phenoxy) is 2. The minimum atomic E-state index is -0.462. The van der Waals surface area contributed by atoms with Crippen molar-refractivity contribution in [2.75, 3.05) is 26.4 Å². The van der Waals surface area contributed by atoms with E-state index in [9.17, 15) is 9.59 Å². The summed E-state index contributed by atoms with van der Waals surface area (Å²) in [4.78, 5) is 25.8. The van der Waals surface area contributed by atoms with Crippen LogP contribution in [0.25, 0.3) is 0 Å². The molecule has 7 nitrogen and oxygen atoms in total. The summed E-state index contributed by atoms with van der Waals surface area (Å²) in [5, 5.41) is 2.65. The molecular formula is C16H23N3O4S. The molecule has 0 spiro atoms. The molecule has 1 saturated heterocycles. The van der Waals surface area contributed by atoms with Crippen LogP contribution in [0.15, 0.2) is 6.07 Å². The standard InChI is InChI=1S/C16H23N3O4S/c20-15(14-8-11-4-2-1-3-5-13(11)24-14)18-19-16(21)17-9-12-10-22-6-7-23-12/h8,12H,1-7,9-10H2,(H,18,20)(H2,17,19,21)/t12-/m1/s1. The third-order valence-electron chi connectivity index (χ3n) is 4.14. The molecule has 2 heterocycles. The monoisotopic (exact) mass is 353 g/mol. The Morgan fingerprint density at radius 3 is 2.88 bits per heavy atom.